The summed E-state index contributed by atoms with van der Waals surface area (Å²) >= 11 is 0. The van der Waals surface area contributed by atoms with Crippen molar-refractivity contribution in [3.8, 4) is 6.07 Å². The standard InChI is InChI=1S/C15H17N3O/c16-8-15(19)13-6-17-9-14(15,10-18(7-13)11-17)12-4-2-1-3-5-12/h1-5,13,19H,6-7,9-11H2. The Hall–Kier alpha value is -1.41. The summed E-state index contributed by atoms with van der Waals surface area (Å²) in [5.41, 5.74) is -0.595. The number of nitriles is 1. The average molecular weight is 255 g/mol. The van der Waals surface area contributed by atoms with Crippen molar-refractivity contribution < 1.29 is 5.11 Å². The molecule has 1 aromatic carbocycles. The maximum atomic E-state index is 11.1. The number of hydrogen-bond donors (Lipinski definition) is 1. The second kappa shape index (κ2) is 3.57. The van der Waals surface area contributed by atoms with Gasteiger partial charge in [0.05, 0.1) is 18.2 Å². The first-order chi connectivity index (χ1) is 9.18. The Morgan fingerprint density at radius 2 is 1.79 bits per heavy atom. The third kappa shape index (κ3) is 1.28. The van der Waals surface area contributed by atoms with Crippen molar-refractivity contribution in [2.45, 2.75) is 11.0 Å². The van der Waals surface area contributed by atoms with Gasteiger partial charge in [-0.2, -0.15) is 5.26 Å². The van der Waals surface area contributed by atoms with Gasteiger partial charge in [-0.15, -0.1) is 0 Å². The minimum Gasteiger partial charge on any atom is -0.374 e. The third-order valence-electron chi connectivity index (χ3n) is 5.16. The Balaban J connectivity index is 1.91. The van der Waals surface area contributed by atoms with Gasteiger partial charge in [0.2, 0.25) is 0 Å². The van der Waals surface area contributed by atoms with Crippen LogP contribution in [0.1, 0.15) is 5.56 Å². The minimum absolute atomic E-state index is 0.0361. The van der Waals surface area contributed by atoms with Crippen LogP contribution in [0.4, 0.5) is 0 Å². The summed E-state index contributed by atoms with van der Waals surface area (Å²) in [4.78, 5) is 4.74. The predicted octanol–water partition coefficient (Wildman–Crippen LogP) is 0.398. The summed E-state index contributed by atoms with van der Waals surface area (Å²) in [7, 11) is 0. The molecule has 0 saturated carbocycles. The molecule has 0 amide bonds. The van der Waals surface area contributed by atoms with Crippen molar-refractivity contribution in [3.63, 3.8) is 0 Å². The van der Waals surface area contributed by atoms with Gasteiger partial charge in [0, 0.05) is 32.1 Å². The molecule has 4 aliphatic heterocycles. The largest absolute Gasteiger partial charge is 0.374 e. The monoisotopic (exact) mass is 255 g/mol. The number of piperidine rings is 2. The molecule has 4 heterocycles. The van der Waals surface area contributed by atoms with Crippen LogP contribution in [0.25, 0.3) is 0 Å². The van der Waals surface area contributed by atoms with Gasteiger partial charge in [-0.05, 0) is 5.56 Å². The van der Waals surface area contributed by atoms with E-state index < -0.39 is 11.0 Å². The maximum Gasteiger partial charge on any atom is 0.168 e. The van der Waals surface area contributed by atoms with Gasteiger partial charge in [0.25, 0.3) is 0 Å². The fourth-order valence-corrected chi connectivity index (χ4v) is 4.38. The minimum atomic E-state index is -1.23. The van der Waals surface area contributed by atoms with Crippen molar-refractivity contribution in [1.82, 2.24) is 9.80 Å². The molecule has 4 aliphatic rings. The van der Waals surface area contributed by atoms with Crippen molar-refractivity contribution in [2.75, 3.05) is 32.8 Å². The van der Waals surface area contributed by atoms with E-state index in [0.717, 1.165) is 38.4 Å². The van der Waals surface area contributed by atoms with Crippen LogP contribution in [0, 0.1) is 17.2 Å². The molecule has 0 radical (unpaired) electrons. The van der Waals surface area contributed by atoms with Crippen LogP contribution in [-0.2, 0) is 5.41 Å². The van der Waals surface area contributed by atoms with E-state index >= 15 is 0 Å². The molecular weight excluding hydrogens is 238 g/mol. The predicted molar refractivity (Wildman–Crippen MR) is 70.2 cm³/mol. The highest BCUT2D eigenvalue weighted by Gasteiger charge is 2.65. The lowest BCUT2D eigenvalue weighted by Crippen LogP contribution is -2.79. The smallest absolute Gasteiger partial charge is 0.168 e. The van der Waals surface area contributed by atoms with E-state index in [4.69, 9.17) is 0 Å². The lowest BCUT2D eigenvalue weighted by Gasteiger charge is -2.64. The molecule has 1 N–H and O–H groups in total. The summed E-state index contributed by atoms with van der Waals surface area (Å²) in [5, 5.41) is 20.7. The zero-order valence-corrected chi connectivity index (χ0v) is 10.8. The molecule has 0 aliphatic carbocycles. The van der Waals surface area contributed by atoms with Gasteiger partial charge >= 0.3 is 0 Å². The molecule has 3 atom stereocenters. The summed E-state index contributed by atoms with van der Waals surface area (Å²) in [6, 6.07) is 12.3. The van der Waals surface area contributed by atoms with Crippen LogP contribution in [0.3, 0.4) is 0 Å². The van der Waals surface area contributed by atoms with Gasteiger partial charge in [-0.3, -0.25) is 9.80 Å². The Morgan fingerprint density at radius 3 is 2.37 bits per heavy atom. The molecule has 4 fully saturated rings. The third-order valence-corrected chi connectivity index (χ3v) is 5.16. The molecule has 4 nitrogen and oxygen atoms in total. The first-order valence-corrected chi connectivity index (χ1v) is 6.82. The van der Waals surface area contributed by atoms with E-state index in [0.29, 0.717) is 0 Å². The van der Waals surface area contributed by atoms with Crippen LogP contribution in [0.2, 0.25) is 0 Å². The van der Waals surface area contributed by atoms with E-state index in [2.05, 4.69) is 28.0 Å². The summed E-state index contributed by atoms with van der Waals surface area (Å²) < 4.78 is 0. The van der Waals surface area contributed by atoms with Crippen LogP contribution >= 0.6 is 0 Å². The van der Waals surface area contributed by atoms with E-state index in [1.54, 1.807) is 0 Å². The lowest BCUT2D eigenvalue weighted by molar-refractivity contribution is -0.193. The molecule has 4 heteroatoms. The molecular formula is C15H17N3O. The molecule has 4 bridgehead atoms. The van der Waals surface area contributed by atoms with Gasteiger partial charge in [0.15, 0.2) is 5.60 Å². The maximum absolute atomic E-state index is 11.1. The number of hydrogen-bond acceptors (Lipinski definition) is 4. The van der Waals surface area contributed by atoms with Crippen molar-refractivity contribution in [1.29, 1.82) is 5.26 Å². The highest BCUT2D eigenvalue weighted by Crippen LogP contribution is 2.50. The summed E-state index contributed by atoms with van der Waals surface area (Å²) in [6.07, 6.45) is 0. The van der Waals surface area contributed by atoms with Gasteiger partial charge in [-0.1, -0.05) is 30.3 Å². The van der Waals surface area contributed by atoms with Crippen molar-refractivity contribution in [2.24, 2.45) is 5.92 Å². The quantitative estimate of drug-likeness (QED) is 0.738. The van der Waals surface area contributed by atoms with Gasteiger partial charge < -0.3 is 5.11 Å². The van der Waals surface area contributed by atoms with Crippen LogP contribution in [0.15, 0.2) is 30.3 Å². The van der Waals surface area contributed by atoms with E-state index in [1.807, 2.05) is 18.2 Å². The second-order valence-corrected chi connectivity index (χ2v) is 6.19. The average Bonchev–Trinajstić information content (AvgIpc) is 2.44. The van der Waals surface area contributed by atoms with Gasteiger partial charge in [0.1, 0.15) is 0 Å². The molecule has 0 spiro atoms. The van der Waals surface area contributed by atoms with Crippen LogP contribution in [-0.4, -0.2) is 53.4 Å². The molecule has 5 rings (SSSR count). The zero-order chi connectivity index (χ0) is 13.1. The van der Waals surface area contributed by atoms with Crippen LogP contribution < -0.4 is 0 Å². The second-order valence-electron chi connectivity index (χ2n) is 6.19. The summed E-state index contributed by atoms with van der Waals surface area (Å²) in [5.74, 6) is 0.0361. The summed E-state index contributed by atoms with van der Waals surface area (Å²) in [6.45, 7) is 4.24. The number of benzene rings is 1. The van der Waals surface area contributed by atoms with E-state index in [-0.39, 0.29) is 5.92 Å². The molecule has 19 heavy (non-hydrogen) atoms. The molecule has 98 valence electrons. The number of nitrogens with zero attached hydrogens (tertiary/aromatic N) is 3. The van der Waals surface area contributed by atoms with Crippen molar-refractivity contribution >= 4 is 0 Å². The molecule has 1 aromatic rings. The normalized spacial score (nSPS) is 47.1. The zero-order valence-electron chi connectivity index (χ0n) is 10.8. The lowest BCUT2D eigenvalue weighted by atomic mass is 9.56. The molecule has 4 saturated heterocycles. The first-order valence-electron chi connectivity index (χ1n) is 6.82. The molecule has 3 unspecified atom stereocenters. The Kier molecular flexibility index (Phi) is 2.15. The highest BCUT2D eigenvalue weighted by molar-refractivity contribution is 5.40. The highest BCUT2D eigenvalue weighted by atomic mass is 16.3. The van der Waals surface area contributed by atoms with E-state index in [9.17, 15) is 10.4 Å². The fourth-order valence-electron chi connectivity index (χ4n) is 4.38. The Morgan fingerprint density at radius 1 is 1.16 bits per heavy atom. The van der Waals surface area contributed by atoms with Crippen molar-refractivity contribution in [3.05, 3.63) is 35.9 Å². The Bertz CT molecular complexity index is 538. The fraction of sp³-hybridized carbons (Fsp3) is 0.533. The number of aliphatic hydroxyl groups is 1. The molecule has 0 aromatic heterocycles. The van der Waals surface area contributed by atoms with Gasteiger partial charge in [-0.25, -0.2) is 0 Å². The Labute approximate surface area is 112 Å². The topological polar surface area (TPSA) is 50.5 Å². The van der Waals surface area contributed by atoms with E-state index in [1.165, 1.54) is 0 Å². The number of rotatable bonds is 1. The van der Waals surface area contributed by atoms with Crippen LogP contribution in [0.5, 0.6) is 0 Å². The first kappa shape index (κ1) is 11.4. The SMILES string of the molecule is N#CC1(O)C2CN3CN(C2)CC1(c1ccccc1)C3.